The van der Waals surface area contributed by atoms with Gasteiger partial charge in [-0.3, -0.25) is 0 Å². The van der Waals surface area contributed by atoms with Crippen LogP contribution in [0, 0.1) is 0 Å². The highest BCUT2D eigenvalue weighted by Crippen LogP contribution is 2.39. The number of benzene rings is 3. The van der Waals surface area contributed by atoms with E-state index >= 15 is 0 Å². The molecule has 4 aromatic rings. The number of nitrogens with zero attached hydrogens (tertiary/aromatic N) is 2. The molecule has 0 N–H and O–H groups in total. The average Bonchev–Trinajstić information content (AvgIpc) is 3.05. The first-order valence-electron chi connectivity index (χ1n) is 6.90. The summed E-state index contributed by atoms with van der Waals surface area (Å²) in [6.45, 7) is 0. The molecule has 0 aliphatic heterocycles. The summed E-state index contributed by atoms with van der Waals surface area (Å²) in [5.74, 6) is 0. The molecule has 0 saturated heterocycles. The highest BCUT2D eigenvalue weighted by Gasteiger charge is 2.16. The molecule has 1 heterocycles. The lowest BCUT2D eigenvalue weighted by molar-refractivity contribution is 1.55. The van der Waals surface area contributed by atoms with E-state index in [2.05, 4.69) is 55.0 Å². The quantitative estimate of drug-likeness (QED) is 0.448. The number of rotatable bonds is 2. The lowest BCUT2D eigenvalue weighted by Gasteiger charge is -2.09. The fraction of sp³-hybridized carbons (Fsp3) is 0. The monoisotopic (exact) mass is 366 g/mol. The summed E-state index contributed by atoms with van der Waals surface area (Å²) in [7, 11) is 0. The van der Waals surface area contributed by atoms with Crippen molar-refractivity contribution >= 4 is 38.7 Å². The third-order valence-electron chi connectivity index (χ3n) is 3.64. The Morgan fingerprint density at radius 3 is 2.00 bits per heavy atom. The van der Waals surface area contributed by atoms with Crippen molar-refractivity contribution in [2.75, 3.05) is 0 Å². The van der Waals surface area contributed by atoms with Crippen molar-refractivity contribution in [3.63, 3.8) is 0 Å². The van der Waals surface area contributed by atoms with E-state index in [-0.39, 0.29) is 0 Å². The van der Waals surface area contributed by atoms with Crippen LogP contribution < -0.4 is 0 Å². The molecule has 2 nitrogen and oxygen atoms in total. The van der Waals surface area contributed by atoms with E-state index in [1.165, 1.54) is 11.7 Å². The van der Waals surface area contributed by atoms with Crippen molar-refractivity contribution < 1.29 is 0 Å². The van der Waals surface area contributed by atoms with Crippen LogP contribution in [0.3, 0.4) is 0 Å². The molecule has 0 unspecified atom stereocenters. The van der Waals surface area contributed by atoms with Crippen molar-refractivity contribution in [1.82, 2.24) is 8.75 Å². The van der Waals surface area contributed by atoms with Gasteiger partial charge in [-0.25, -0.2) is 0 Å². The SMILES string of the molecule is Brc1cc(-c2ccccc2)c2nsnc2c1-c1ccccc1. The van der Waals surface area contributed by atoms with E-state index in [9.17, 15) is 0 Å². The van der Waals surface area contributed by atoms with Gasteiger partial charge >= 0.3 is 0 Å². The Bertz CT molecular complexity index is 933. The van der Waals surface area contributed by atoms with Crippen molar-refractivity contribution in [3.05, 3.63) is 71.2 Å². The van der Waals surface area contributed by atoms with Gasteiger partial charge in [-0.2, -0.15) is 8.75 Å². The van der Waals surface area contributed by atoms with Crippen molar-refractivity contribution in [1.29, 1.82) is 0 Å². The van der Waals surface area contributed by atoms with Crippen LogP contribution in [0.4, 0.5) is 0 Å². The number of hydrogen-bond donors (Lipinski definition) is 0. The van der Waals surface area contributed by atoms with E-state index in [0.29, 0.717) is 0 Å². The van der Waals surface area contributed by atoms with Crippen LogP contribution in [0.15, 0.2) is 71.2 Å². The zero-order valence-electron chi connectivity index (χ0n) is 11.5. The van der Waals surface area contributed by atoms with Crippen molar-refractivity contribution in [2.24, 2.45) is 0 Å². The molecule has 1 aromatic heterocycles. The fourth-order valence-electron chi connectivity index (χ4n) is 2.63. The number of hydrogen-bond acceptors (Lipinski definition) is 3. The molecular weight excluding hydrogens is 356 g/mol. The maximum Gasteiger partial charge on any atom is 0.114 e. The highest BCUT2D eigenvalue weighted by atomic mass is 79.9. The Kier molecular flexibility index (Phi) is 3.48. The number of halogens is 1. The lowest BCUT2D eigenvalue weighted by atomic mass is 9.98. The second-order valence-corrected chi connectivity index (χ2v) is 6.36. The Morgan fingerprint density at radius 2 is 1.32 bits per heavy atom. The van der Waals surface area contributed by atoms with Crippen LogP contribution in [0.25, 0.3) is 33.3 Å². The largest absolute Gasteiger partial charge is 0.172 e. The molecule has 0 saturated carbocycles. The maximum absolute atomic E-state index is 4.54. The average molecular weight is 367 g/mol. The van der Waals surface area contributed by atoms with Crippen LogP contribution in [0.1, 0.15) is 0 Å². The summed E-state index contributed by atoms with van der Waals surface area (Å²) in [5, 5.41) is 0. The molecule has 3 aromatic carbocycles. The second kappa shape index (κ2) is 5.63. The Morgan fingerprint density at radius 1 is 0.727 bits per heavy atom. The first-order chi connectivity index (χ1) is 10.8. The summed E-state index contributed by atoms with van der Waals surface area (Å²) in [4.78, 5) is 0. The molecular formula is C18H11BrN2S. The minimum Gasteiger partial charge on any atom is -0.172 e. The van der Waals surface area contributed by atoms with Crippen LogP contribution in [0.2, 0.25) is 0 Å². The Hall–Kier alpha value is -2.04. The van der Waals surface area contributed by atoms with Gasteiger partial charge < -0.3 is 0 Å². The minimum atomic E-state index is 0.949. The zero-order valence-corrected chi connectivity index (χ0v) is 13.9. The predicted molar refractivity (Wildman–Crippen MR) is 96.0 cm³/mol. The van der Waals surface area contributed by atoms with E-state index in [1.54, 1.807) is 0 Å². The molecule has 4 heteroatoms. The molecule has 0 spiro atoms. The topological polar surface area (TPSA) is 25.8 Å². The standard InChI is InChI=1S/C18H11BrN2S/c19-15-11-14(12-7-3-1-4-8-12)17-18(21-22-20-17)16(15)13-9-5-2-6-10-13/h1-11H. The third-order valence-corrected chi connectivity index (χ3v) is 4.79. The fourth-order valence-corrected chi connectivity index (χ4v) is 3.84. The van der Waals surface area contributed by atoms with Gasteiger partial charge in [0, 0.05) is 15.6 Å². The van der Waals surface area contributed by atoms with Gasteiger partial charge in [0.1, 0.15) is 11.0 Å². The Balaban J connectivity index is 2.04. The molecule has 0 fully saturated rings. The molecule has 106 valence electrons. The van der Waals surface area contributed by atoms with Crippen LogP contribution in [-0.2, 0) is 0 Å². The molecule has 0 atom stereocenters. The smallest absolute Gasteiger partial charge is 0.114 e. The summed E-state index contributed by atoms with van der Waals surface area (Å²) in [6, 6.07) is 22.7. The van der Waals surface area contributed by atoms with E-state index < -0.39 is 0 Å². The van der Waals surface area contributed by atoms with Crippen molar-refractivity contribution in [3.8, 4) is 22.3 Å². The summed E-state index contributed by atoms with van der Waals surface area (Å²) < 4.78 is 10.1. The van der Waals surface area contributed by atoms with Crippen LogP contribution in [0.5, 0.6) is 0 Å². The van der Waals surface area contributed by atoms with Gasteiger partial charge in [-0.15, -0.1) is 0 Å². The van der Waals surface area contributed by atoms with Crippen LogP contribution in [-0.4, -0.2) is 8.75 Å². The van der Waals surface area contributed by atoms with Crippen molar-refractivity contribution in [2.45, 2.75) is 0 Å². The van der Waals surface area contributed by atoms with E-state index in [1.807, 2.05) is 36.4 Å². The molecule has 0 radical (unpaired) electrons. The molecule has 0 aliphatic rings. The maximum atomic E-state index is 4.54. The van der Waals surface area contributed by atoms with E-state index in [0.717, 1.165) is 37.8 Å². The first-order valence-corrected chi connectivity index (χ1v) is 8.42. The third kappa shape index (κ3) is 2.25. The van der Waals surface area contributed by atoms with Gasteiger partial charge in [0.15, 0.2) is 0 Å². The molecule has 0 amide bonds. The van der Waals surface area contributed by atoms with Gasteiger partial charge in [-0.1, -0.05) is 76.6 Å². The second-order valence-electron chi connectivity index (χ2n) is 4.97. The molecule has 22 heavy (non-hydrogen) atoms. The number of fused-ring (bicyclic) bond motifs is 1. The van der Waals surface area contributed by atoms with Gasteiger partial charge in [0.2, 0.25) is 0 Å². The number of aromatic nitrogens is 2. The lowest BCUT2D eigenvalue weighted by Crippen LogP contribution is -1.87. The predicted octanol–water partition coefficient (Wildman–Crippen LogP) is 5.79. The van der Waals surface area contributed by atoms with Crippen LogP contribution >= 0.6 is 27.7 Å². The summed E-state index contributed by atoms with van der Waals surface area (Å²) in [6.07, 6.45) is 0. The molecule has 0 bridgehead atoms. The van der Waals surface area contributed by atoms with Gasteiger partial charge in [0.05, 0.1) is 11.7 Å². The van der Waals surface area contributed by atoms with E-state index in [4.69, 9.17) is 0 Å². The normalized spacial score (nSPS) is 11.0. The molecule has 4 rings (SSSR count). The van der Waals surface area contributed by atoms with Gasteiger partial charge in [0.25, 0.3) is 0 Å². The summed E-state index contributed by atoms with van der Waals surface area (Å²) >= 11 is 4.98. The first kappa shape index (κ1) is 13.6. The summed E-state index contributed by atoms with van der Waals surface area (Å²) in [5.41, 5.74) is 6.41. The minimum absolute atomic E-state index is 0.949. The Labute approximate surface area is 140 Å². The molecule has 0 aliphatic carbocycles. The zero-order chi connectivity index (χ0) is 14.9. The highest BCUT2D eigenvalue weighted by molar-refractivity contribution is 9.10. The van der Waals surface area contributed by atoms with Gasteiger partial charge in [-0.05, 0) is 17.2 Å².